The predicted octanol–water partition coefficient (Wildman–Crippen LogP) is 1.91. The molecule has 2 N–H and O–H groups in total. The molecule has 6 heteroatoms. The molecule has 1 aromatic heterocycles. The van der Waals surface area contributed by atoms with E-state index >= 15 is 0 Å². The quantitative estimate of drug-likeness (QED) is 0.871. The molecule has 2 aromatic rings. The van der Waals surface area contributed by atoms with E-state index in [-0.39, 0.29) is 5.91 Å². The molecule has 1 aromatic carbocycles. The maximum Gasteiger partial charge on any atom is 0.227 e. The molecule has 1 amide bonds. The summed E-state index contributed by atoms with van der Waals surface area (Å²) in [4.78, 5) is 19.9. The van der Waals surface area contributed by atoms with Gasteiger partial charge in [0.25, 0.3) is 0 Å². The highest BCUT2D eigenvalue weighted by atomic mass is 16.5. The van der Waals surface area contributed by atoms with E-state index in [4.69, 9.17) is 4.74 Å². The molecule has 0 saturated carbocycles. The molecule has 0 saturated heterocycles. The van der Waals surface area contributed by atoms with E-state index in [2.05, 4.69) is 20.6 Å². The van der Waals surface area contributed by atoms with Crippen molar-refractivity contribution in [2.45, 2.75) is 6.42 Å². The average Bonchev–Trinajstić information content (AvgIpc) is 2.67. The number of hydrogen-bond donors (Lipinski definition) is 2. The first-order valence-corrected chi connectivity index (χ1v) is 6.33. The summed E-state index contributed by atoms with van der Waals surface area (Å²) >= 11 is 0. The van der Waals surface area contributed by atoms with Crippen LogP contribution in [0.2, 0.25) is 0 Å². The minimum atomic E-state index is -0.0421. The zero-order chi connectivity index (χ0) is 13.9. The molecule has 1 aliphatic rings. The van der Waals surface area contributed by atoms with Gasteiger partial charge in [-0.2, -0.15) is 0 Å². The zero-order valence-electron chi connectivity index (χ0n) is 11.0. The fourth-order valence-corrected chi connectivity index (χ4v) is 2.03. The summed E-state index contributed by atoms with van der Waals surface area (Å²) in [7, 11) is 1.80. The number of carbonyl (C=O) groups excluding carboxylic acids is 1. The summed E-state index contributed by atoms with van der Waals surface area (Å²) in [6.07, 6.45) is 1.86. The second kappa shape index (κ2) is 5.16. The molecule has 102 valence electrons. The maximum absolute atomic E-state index is 11.6. The smallest absolute Gasteiger partial charge is 0.227 e. The Hall–Kier alpha value is -2.63. The summed E-state index contributed by atoms with van der Waals surface area (Å²) in [5, 5.41) is 5.81. The van der Waals surface area contributed by atoms with E-state index in [0.717, 1.165) is 17.1 Å². The molecular formula is C14H14N4O2. The van der Waals surface area contributed by atoms with Crippen LogP contribution in [0.15, 0.2) is 30.6 Å². The van der Waals surface area contributed by atoms with E-state index < -0.39 is 0 Å². The number of hydrogen-bond acceptors (Lipinski definition) is 5. The normalized spacial score (nSPS) is 13.8. The Morgan fingerprint density at radius 1 is 1.30 bits per heavy atom. The Bertz CT molecular complexity index is 657. The Morgan fingerprint density at radius 3 is 3.05 bits per heavy atom. The Kier molecular flexibility index (Phi) is 3.20. The standard InChI is InChI=1S/C14H14N4O2/c1-15-13-7-10(16-8-17-13)9-2-3-12-11(6-9)18-14(19)4-5-20-12/h2-3,6-8H,4-5H2,1H3,(H,18,19)(H,15,16,17). The average molecular weight is 270 g/mol. The van der Waals surface area contributed by atoms with Gasteiger partial charge in [0.05, 0.1) is 24.4 Å². The van der Waals surface area contributed by atoms with Gasteiger partial charge in [0.2, 0.25) is 5.91 Å². The van der Waals surface area contributed by atoms with Gasteiger partial charge in [-0.15, -0.1) is 0 Å². The Balaban J connectivity index is 2.00. The number of ether oxygens (including phenoxy) is 1. The molecule has 0 aliphatic carbocycles. The number of amides is 1. The topological polar surface area (TPSA) is 76.1 Å². The summed E-state index contributed by atoms with van der Waals surface area (Å²) in [6, 6.07) is 7.47. The highest BCUT2D eigenvalue weighted by molar-refractivity contribution is 5.94. The van der Waals surface area contributed by atoms with Crippen molar-refractivity contribution in [3.8, 4) is 17.0 Å². The first-order chi connectivity index (χ1) is 9.76. The van der Waals surface area contributed by atoms with Gasteiger partial charge in [-0.25, -0.2) is 9.97 Å². The summed E-state index contributed by atoms with van der Waals surface area (Å²) in [5.74, 6) is 1.38. The van der Waals surface area contributed by atoms with Crippen molar-refractivity contribution in [2.75, 3.05) is 24.3 Å². The van der Waals surface area contributed by atoms with E-state index in [0.29, 0.717) is 24.5 Å². The third kappa shape index (κ3) is 2.40. The van der Waals surface area contributed by atoms with Gasteiger partial charge in [-0.05, 0) is 18.2 Å². The summed E-state index contributed by atoms with van der Waals surface area (Å²) in [6.45, 7) is 0.398. The van der Waals surface area contributed by atoms with Crippen LogP contribution < -0.4 is 15.4 Å². The van der Waals surface area contributed by atoms with Crippen LogP contribution in [0.25, 0.3) is 11.3 Å². The molecule has 2 heterocycles. The van der Waals surface area contributed by atoms with Crippen molar-refractivity contribution in [3.05, 3.63) is 30.6 Å². The van der Waals surface area contributed by atoms with E-state index in [1.165, 1.54) is 6.33 Å². The fourth-order valence-electron chi connectivity index (χ4n) is 2.03. The Morgan fingerprint density at radius 2 is 2.20 bits per heavy atom. The van der Waals surface area contributed by atoms with Crippen molar-refractivity contribution in [1.82, 2.24) is 9.97 Å². The zero-order valence-corrected chi connectivity index (χ0v) is 11.0. The third-order valence-corrected chi connectivity index (χ3v) is 3.06. The van der Waals surface area contributed by atoms with Gasteiger partial charge in [-0.1, -0.05) is 0 Å². The molecule has 1 aliphatic heterocycles. The lowest BCUT2D eigenvalue weighted by Crippen LogP contribution is -2.10. The SMILES string of the molecule is CNc1cc(-c2ccc3c(c2)NC(=O)CCO3)ncn1. The van der Waals surface area contributed by atoms with Crippen molar-refractivity contribution < 1.29 is 9.53 Å². The van der Waals surface area contributed by atoms with Gasteiger partial charge in [0.1, 0.15) is 17.9 Å². The molecule has 0 bridgehead atoms. The van der Waals surface area contributed by atoms with Gasteiger partial charge in [0.15, 0.2) is 0 Å². The van der Waals surface area contributed by atoms with Gasteiger partial charge >= 0.3 is 0 Å². The number of anilines is 2. The van der Waals surface area contributed by atoms with Crippen molar-refractivity contribution in [3.63, 3.8) is 0 Å². The number of benzene rings is 1. The van der Waals surface area contributed by atoms with Crippen LogP contribution in [0.3, 0.4) is 0 Å². The predicted molar refractivity (Wildman–Crippen MR) is 75.8 cm³/mol. The first-order valence-electron chi connectivity index (χ1n) is 6.33. The van der Waals surface area contributed by atoms with E-state index in [9.17, 15) is 4.79 Å². The van der Waals surface area contributed by atoms with Gasteiger partial charge in [-0.3, -0.25) is 4.79 Å². The lowest BCUT2D eigenvalue weighted by molar-refractivity contribution is -0.116. The first kappa shape index (κ1) is 12.4. The van der Waals surface area contributed by atoms with Crippen LogP contribution in [0.1, 0.15) is 6.42 Å². The van der Waals surface area contributed by atoms with Crippen molar-refractivity contribution in [2.24, 2.45) is 0 Å². The molecule has 6 nitrogen and oxygen atoms in total. The molecule has 0 radical (unpaired) electrons. The number of fused-ring (bicyclic) bond motifs is 1. The summed E-state index contributed by atoms with van der Waals surface area (Å²) < 4.78 is 5.53. The Labute approximate surface area is 116 Å². The monoisotopic (exact) mass is 270 g/mol. The van der Waals surface area contributed by atoms with Gasteiger partial charge < -0.3 is 15.4 Å². The molecule has 20 heavy (non-hydrogen) atoms. The molecule has 0 unspecified atom stereocenters. The second-order valence-electron chi connectivity index (χ2n) is 4.40. The van der Waals surface area contributed by atoms with Crippen LogP contribution in [0.4, 0.5) is 11.5 Å². The van der Waals surface area contributed by atoms with Crippen LogP contribution in [0.5, 0.6) is 5.75 Å². The lowest BCUT2D eigenvalue weighted by atomic mass is 10.1. The number of nitrogens with one attached hydrogen (secondary N) is 2. The number of rotatable bonds is 2. The van der Waals surface area contributed by atoms with Crippen LogP contribution in [-0.4, -0.2) is 29.5 Å². The fraction of sp³-hybridized carbons (Fsp3) is 0.214. The maximum atomic E-state index is 11.6. The number of nitrogens with zero attached hydrogens (tertiary/aromatic N) is 2. The second-order valence-corrected chi connectivity index (χ2v) is 4.40. The lowest BCUT2D eigenvalue weighted by Gasteiger charge is -2.09. The molecular weight excluding hydrogens is 256 g/mol. The van der Waals surface area contributed by atoms with E-state index in [1.807, 2.05) is 24.3 Å². The number of carbonyl (C=O) groups is 1. The highest BCUT2D eigenvalue weighted by Crippen LogP contribution is 2.31. The van der Waals surface area contributed by atoms with Crippen molar-refractivity contribution in [1.29, 1.82) is 0 Å². The van der Waals surface area contributed by atoms with Crippen molar-refractivity contribution >= 4 is 17.4 Å². The van der Waals surface area contributed by atoms with Crippen LogP contribution in [-0.2, 0) is 4.79 Å². The largest absolute Gasteiger partial charge is 0.491 e. The molecule has 0 atom stereocenters. The van der Waals surface area contributed by atoms with E-state index in [1.54, 1.807) is 7.05 Å². The van der Waals surface area contributed by atoms with Gasteiger partial charge in [0, 0.05) is 18.7 Å². The highest BCUT2D eigenvalue weighted by Gasteiger charge is 2.14. The minimum absolute atomic E-state index is 0.0421. The molecule has 0 fully saturated rings. The molecule has 3 rings (SSSR count). The van der Waals surface area contributed by atoms with Crippen LogP contribution in [0, 0.1) is 0 Å². The molecule has 0 spiro atoms. The third-order valence-electron chi connectivity index (χ3n) is 3.06. The minimum Gasteiger partial charge on any atom is -0.491 e. The van der Waals surface area contributed by atoms with Crippen LogP contribution >= 0.6 is 0 Å². The summed E-state index contributed by atoms with van der Waals surface area (Å²) in [5.41, 5.74) is 2.36. The number of aromatic nitrogens is 2.